The standard InChI is InChI=1S/C12H17BrN2O4/c1-7-5-9(13)10(6-11(7)15(16)17)14-8(2)12(18-3)19-4/h5-6,8,12,14H,1-4H3. The molecule has 7 heteroatoms. The van der Waals surface area contributed by atoms with E-state index < -0.39 is 11.2 Å². The van der Waals surface area contributed by atoms with Gasteiger partial charge in [0.25, 0.3) is 5.69 Å². The van der Waals surface area contributed by atoms with Crippen LogP contribution in [-0.4, -0.2) is 31.5 Å². The molecule has 1 rings (SSSR count). The molecule has 0 radical (unpaired) electrons. The number of rotatable bonds is 6. The largest absolute Gasteiger partial charge is 0.376 e. The molecule has 19 heavy (non-hydrogen) atoms. The highest BCUT2D eigenvalue weighted by molar-refractivity contribution is 9.10. The number of nitro groups is 1. The predicted octanol–water partition coefficient (Wildman–Crippen LogP) is 3.09. The maximum absolute atomic E-state index is 10.9. The van der Waals surface area contributed by atoms with Crippen LogP contribution in [0.4, 0.5) is 11.4 Å². The quantitative estimate of drug-likeness (QED) is 0.492. The van der Waals surface area contributed by atoms with Crippen molar-refractivity contribution in [1.82, 2.24) is 0 Å². The van der Waals surface area contributed by atoms with E-state index in [4.69, 9.17) is 9.47 Å². The fourth-order valence-corrected chi connectivity index (χ4v) is 2.36. The fourth-order valence-electron chi connectivity index (χ4n) is 1.79. The second kappa shape index (κ2) is 6.83. The van der Waals surface area contributed by atoms with Crippen LogP contribution < -0.4 is 5.32 Å². The van der Waals surface area contributed by atoms with Gasteiger partial charge in [0.15, 0.2) is 6.29 Å². The number of hydrogen-bond acceptors (Lipinski definition) is 5. The molecule has 0 fully saturated rings. The molecule has 1 aromatic rings. The van der Waals surface area contributed by atoms with Gasteiger partial charge in [-0.1, -0.05) is 0 Å². The Bertz CT molecular complexity index is 463. The third-order valence-electron chi connectivity index (χ3n) is 2.74. The zero-order valence-corrected chi connectivity index (χ0v) is 12.9. The Hall–Kier alpha value is -1.18. The lowest BCUT2D eigenvalue weighted by molar-refractivity contribution is -0.385. The van der Waals surface area contributed by atoms with E-state index in [2.05, 4.69) is 21.2 Å². The molecule has 1 aromatic carbocycles. The van der Waals surface area contributed by atoms with Gasteiger partial charge in [0.05, 0.1) is 16.7 Å². The molecule has 1 unspecified atom stereocenters. The summed E-state index contributed by atoms with van der Waals surface area (Å²) in [5.74, 6) is 0. The molecule has 0 aliphatic rings. The number of halogens is 1. The van der Waals surface area contributed by atoms with Crippen LogP contribution in [-0.2, 0) is 9.47 Å². The number of anilines is 1. The Labute approximate surface area is 120 Å². The molecule has 0 saturated heterocycles. The average molecular weight is 333 g/mol. The predicted molar refractivity (Wildman–Crippen MR) is 76.4 cm³/mol. The Morgan fingerprint density at radius 1 is 1.37 bits per heavy atom. The third-order valence-corrected chi connectivity index (χ3v) is 3.39. The molecule has 0 heterocycles. The zero-order valence-electron chi connectivity index (χ0n) is 11.3. The van der Waals surface area contributed by atoms with Crippen molar-refractivity contribution < 1.29 is 14.4 Å². The molecule has 1 N–H and O–H groups in total. The topological polar surface area (TPSA) is 73.6 Å². The number of benzene rings is 1. The second-order valence-electron chi connectivity index (χ2n) is 4.15. The molecular weight excluding hydrogens is 316 g/mol. The molecule has 6 nitrogen and oxygen atoms in total. The first-order chi connectivity index (χ1) is 8.90. The number of ether oxygens (including phenoxy) is 2. The van der Waals surface area contributed by atoms with E-state index >= 15 is 0 Å². The SMILES string of the molecule is COC(OC)C(C)Nc1cc([N+](=O)[O-])c(C)cc1Br. The van der Waals surface area contributed by atoms with Gasteiger partial charge in [0, 0.05) is 30.3 Å². The van der Waals surface area contributed by atoms with Crippen LogP contribution in [0.25, 0.3) is 0 Å². The van der Waals surface area contributed by atoms with Gasteiger partial charge >= 0.3 is 0 Å². The molecule has 0 bridgehead atoms. The van der Waals surface area contributed by atoms with Gasteiger partial charge in [0.1, 0.15) is 0 Å². The summed E-state index contributed by atoms with van der Waals surface area (Å²) in [5, 5.41) is 14.1. The molecule has 0 saturated carbocycles. The monoisotopic (exact) mass is 332 g/mol. The second-order valence-corrected chi connectivity index (χ2v) is 5.00. The van der Waals surface area contributed by atoms with Gasteiger partial charge in [-0.3, -0.25) is 10.1 Å². The average Bonchev–Trinajstić information content (AvgIpc) is 2.33. The van der Waals surface area contributed by atoms with Crippen molar-refractivity contribution in [3.05, 3.63) is 32.3 Å². The minimum absolute atomic E-state index is 0.0734. The Balaban J connectivity index is 3.01. The van der Waals surface area contributed by atoms with Crippen LogP contribution in [0.3, 0.4) is 0 Å². The minimum Gasteiger partial charge on any atom is -0.376 e. The number of methoxy groups -OCH3 is 2. The fraction of sp³-hybridized carbons (Fsp3) is 0.500. The van der Waals surface area contributed by atoms with Gasteiger partial charge in [-0.2, -0.15) is 0 Å². The lowest BCUT2D eigenvalue weighted by Gasteiger charge is -2.23. The van der Waals surface area contributed by atoms with Gasteiger partial charge in [-0.15, -0.1) is 0 Å². The molecule has 0 aromatic heterocycles. The van der Waals surface area contributed by atoms with E-state index in [9.17, 15) is 10.1 Å². The summed E-state index contributed by atoms with van der Waals surface area (Å²) in [7, 11) is 3.08. The van der Waals surface area contributed by atoms with Crippen molar-refractivity contribution in [2.75, 3.05) is 19.5 Å². The molecule has 0 aliphatic heterocycles. The van der Waals surface area contributed by atoms with Crippen molar-refractivity contribution in [2.24, 2.45) is 0 Å². The van der Waals surface area contributed by atoms with E-state index in [1.807, 2.05) is 6.92 Å². The first kappa shape index (κ1) is 15.9. The molecule has 0 spiro atoms. The molecule has 0 aliphatic carbocycles. The lowest BCUT2D eigenvalue weighted by Crippen LogP contribution is -2.33. The zero-order chi connectivity index (χ0) is 14.6. The molecule has 1 atom stereocenters. The van der Waals surface area contributed by atoms with Crippen LogP contribution in [0.15, 0.2) is 16.6 Å². The Morgan fingerprint density at radius 2 is 1.95 bits per heavy atom. The summed E-state index contributed by atoms with van der Waals surface area (Å²) in [4.78, 5) is 10.5. The number of aryl methyl sites for hydroxylation is 1. The van der Waals surface area contributed by atoms with Gasteiger partial charge in [-0.05, 0) is 35.8 Å². The number of nitrogens with zero attached hydrogens (tertiary/aromatic N) is 1. The van der Waals surface area contributed by atoms with Gasteiger partial charge < -0.3 is 14.8 Å². The summed E-state index contributed by atoms with van der Waals surface area (Å²) < 4.78 is 11.0. The first-order valence-corrected chi connectivity index (χ1v) is 6.46. The van der Waals surface area contributed by atoms with E-state index in [0.29, 0.717) is 11.3 Å². The van der Waals surface area contributed by atoms with Crippen molar-refractivity contribution in [2.45, 2.75) is 26.2 Å². The van der Waals surface area contributed by atoms with E-state index in [1.54, 1.807) is 27.2 Å². The minimum atomic E-state index is -0.438. The highest BCUT2D eigenvalue weighted by Crippen LogP contribution is 2.31. The van der Waals surface area contributed by atoms with E-state index in [-0.39, 0.29) is 11.7 Å². The maximum Gasteiger partial charge on any atom is 0.274 e. The first-order valence-electron chi connectivity index (χ1n) is 5.67. The van der Waals surface area contributed by atoms with E-state index in [0.717, 1.165) is 4.47 Å². The van der Waals surface area contributed by atoms with Crippen LogP contribution in [0.1, 0.15) is 12.5 Å². The lowest BCUT2D eigenvalue weighted by atomic mass is 10.1. The number of nitrogens with one attached hydrogen (secondary N) is 1. The highest BCUT2D eigenvalue weighted by atomic mass is 79.9. The number of nitro benzene ring substituents is 1. The van der Waals surface area contributed by atoms with Crippen molar-refractivity contribution in [3.63, 3.8) is 0 Å². The van der Waals surface area contributed by atoms with Crippen molar-refractivity contribution in [1.29, 1.82) is 0 Å². The van der Waals surface area contributed by atoms with E-state index in [1.165, 1.54) is 6.07 Å². The highest BCUT2D eigenvalue weighted by Gasteiger charge is 2.19. The molecular formula is C12H17BrN2O4. The summed E-state index contributed by atoms with van der Waals surface area (Å²) >= 11 is 3.39. The summed E-state index contributed by atoms with van der Waals surface area (Å²) in [6.07, 6.45) is -0.438. The van der Waals surface area contributed by atoms with Crippen LogP contribution in [0.2, 0.25) is 0 Å². The van der Waals surface area contributed by atoms with Crippen molar-refractivity contribution >= 4 is 27.3 Å². The van der Waals surface area contributed by atoms with Crippen LogP contribution in [0, 0.1) is 17.0 Å². The van der Waals surface area contributed by atoms with Gasteiger partial charge in [-0.25, -0.2) is 0 Å². The summed E-state index contributed by atoms with van der Waals surface area (Å²) in [5.41, 5.74) is 1.30. The normalized spacial score (nSPS) is 12.5. The van der Waals surface area contributed by atoms with Crippen molar-refractivity contribution in [3.8, 4) is 0 Å². The molecule has 106 valence electrons. The summed E-state index contributed by atoms with van der Waals surface area (Å²) in [6, 6.07) is 3.05. The van der Waals surface area contributed by atoms with Crippen LogP contribution in [0.5, 0.6) is 0 Å². The maximum atomic E-state index is 10.9. The third kappa shape index (κ3) is 3.89. The summed E-state index contributed by atoms with van der Waals surface area (Å²) in [6.45, 7) is 3.57. The smallest absolute Gasteiger partial charge is 0.274 e. The molecule has 0 amide bonds. The van der Waals surface area contributed by atoms with Crippen LogP contribution >= 0.6 is 15.9 Å². The Morgan fingerprint density at radius 3 is 2.42 bits per heavy atom. The Kier molecular flexibility index (Phi) is 5.71. The number of hydrogen-bond donors (Lipinski definition) is 1. The van der Waals surface area contributed by atoms with Gasteiger partial charge in [0.2, 0.25) is 0 Å².